The van der Waals surface area contributed by atoms with Gasteiger partial charge in [0.15, 0.2) is 0 Å². The molecule has 21 heavy (non-hydrogen) atoms. The van der Waals surface area contributed by atoms with E-state index in [1.807, 2.05) is 0 Å². The van der Waals surface area contributed by atoms with E-state index >= 15 is 0 Å². The maximum absolute atomic E-state index is 11.5. The SMILES string of the molecule is CCOC(=O)CCC(=O)OCc1cccc(C)c1[N+](=O)[O-]. The van der Waals surface area contributed by atoms with E-state index in [2.05, 4.69) is 4.74 Å². The van der Waals surface area contributed by atoms with Crippen LogP contribution in [0.25, 0.3) is 0 Å². The summed E-state index contributed by atoms with van der Waals surface area (Å²) in [7, 11) is 0. The molecule has 7 nitrogen and oxygen atoms in total. The van der Waals surface area contributed by atoms with Crippen LogP contribution in [-0.2, 0) is 25.7 Å². The number of esters is 2. The van der Waals surface area contributed by atoms with Gasteiger partial charge in [0.05, 0.1) is 29.9 Å². The van der Waals surface area contributed by atoms with Crippen molar-refractivity contribution in [1.29, 1.82) is 0 Å². The summed E-state index contributed by atoms with van der Waals surface area (Å²) in [5, 5.41) is 11.0. The molecule has 0 aliphatic rings. The van der Waals surface area contributed by atoms with Crippen molar-refractivity contribution in [3.8, 4) is 0 Å². The first-order valence-electron chi connectivity index (χ1n) is 6.49. The molecule has 0 aliphatic heterocycles. The molecular weight excluding hydrogens is 278 g/mol. The van der Waals surface area contributed by atoms with Crippen LogP contribution < -0.4 is 0 Å². The van der Waals surface area contributed by atoms with Crippen LogP contribution in [0.4, 0.5) is 5.69 Å². The van der Waals surface area contributed by atoms with E-state index in [-0.39, 0.29) is 31.7 Å². The van der Waals surface area contributed by atoms with Gasteiger partial charge in [0.1, 0.15) is 6.61 Å². The Morgan fingerprint density at radius 2 is 1.81 bits per heavy atom. The number of ether oxygens (including phenoxy) is 2. The standard InChI is InChI=1S/C14H17NO6/c1-3-20-12(16)7-8-13(17)21-9-11-6-4-5-10(2)14(11)15(18)19/h4-6H,3,7-9H2,1-2H3. The minimum absolute atomic E-state index is 0.0595. The number of aryl methyl sites for hydroxylation is 1. The molecule has 114 valence electrons. The zero-order chi connectivity index (χ0) is 15.8. The summed E-state index contributed by atoms with van der Waals surface area (Å²) in [5.74, 6) is -1.07. The lowest BCUT2D eigenvalue weighted by Gasteiger charge is -2.07. The quantitative estimate of drug-likeness (QED) is 0.435. The Hall–Kier alpha value is -2.44. The molecule has 0 fully saturated rings. The van der Waals surface area contributed by atoms with Crippen molar-refractivity contribution in [2.75, 3.05) is 6.61 Å². The van der Waals surface area contributed by atoms with Crippen molar-refractivity contribution in [2.24, 2.45) is 0 Å². The molecule has 1 rings (SSSR count). The summed E-state index contributed by atoms with van der Waals surface area (Å²) in [5.41, 5.74) is 0.764. The fourth-order valence-electron chi connectivity index (χ4n) is 1.77. The van der Waals surface area contributed by atoms with Crippen molar-refractivity contribution in [2.45, 2.75) is 33.3 Å². The Balaban J connectivity index is 2.56. The van der Waals surface area contributed by atoms with Gasteiger partial charge in [0.2, 0.25) is 0 Å². The summed E-state index contributed by atoms with van der Waals surface area (Å²) in [6.45, 7) is 3.35. The molecule has 1 aromatic carbocycles. The first-order valence-corrected chi connectivity index (χ1v) is 6.49. The van der Waals surface area contributed by atoms with Gasteiger partial charge in [0.25, 0.3) is 5.69 Å². The van der Waals surface area contributed by atoms with Gasteiger partial charge < -0.3 is 9.47 Å². The summed E-state index contributed by atoms with van der Waals surface area (Å²) in [6.07, 6.45) is -0.180. The predicted molar refractivity (Wildman–Crippen MR) is 73.5 cm³/mol. The molecule has 1 aromatic rings. The molecule has 0 aromatic heterocycles. The minimum Gasteiger partial charge on any atom is -0.466 e. The van der Waals surface area contributed by atoms with Gasteiger partial charge in [-0.05, 0) is 19.9 Å². The molecule has 0 aliphatic carbocycles. The summed E-state index contributed by atoms with van der Waals surface area (Å²) in [6, 6.07) is 4.80. The highest BCUT2D eigenvalue weighted by Crippen LogP contribution is 2.23. The molecule has 0 N–H and O–H groups in total. The molecule has 0 heterocycles. The lowest BCUT2D eigenvalue weighted by molar-refractivity contribution is -0.386. The van der Waals surface area contributed by atoms with E-state index in [4.69, 9.17) is 4.74 Å². The Morgan fingerprint density at radius 1 is 1.19 bits per heavy atom. The normalized spacial score (nSPS) is 10.0. The molecule has 0 saturated carbocycles. The Morgan fingerprint density at radius 3 is 2.38 bits per heavy atom. The zero-order valence-electron chi connectivity index (χ0n) is 12.0. The second-order valence-electron chi connectivity index (χ2n) is 4.31. The van der Waals surface area contributed by atoms with Crippen molar-refractivity contribution >= 4 is 17.6 Å². The fourth-order valence-corrected chi connectivity index (χ4v) is 1.77. The van der Waals surface area contributed by atoms with Crippen LogP contribution in [0, 0.1) is 17.0 Å². The van der Waals surface area contributed by atoms with Crippen molar-refractivity contribution in [3.63, 3.8) is 0 Å². The van der Waals surface area contributed by atoms with Crippen LogP contribution in [0.3, 0.4) is 0 Å². The number of carbonyl (C=O) groups excluding carboxylic acids is 2. The highest BCUT2D eigenvalue weighted by Gasteiger charge is 2.18. The topological polar surface area (TPSA) is 95.7 Å². The summed E-state index contributed by atoms with van der Waals surface area (Å²) in [4.78, 5) is 33.1. The van der Waals surface area contributed by atoms with Crippen LogP contribution >= 0.6 is 0 Å². The van der Waals surface area contributed by atoms with Gasteiger partial charge in [-0.1, -0.05) is 12.1 Å². The van der Waals surface area contributed by atoms with Crippen LogP contribution in [0.1, 0.15) is 30.9 Å². The van der Waals surface area contributed by atoms with Gasteiger partial charge in [0, 0.05) is 5.56 Å². The number of rotatable bonds is 7. The van der Waals surface area contributed by atoms with E-state index in [1.165, 1.54) is 6.07 Å². The van der Waals surface area contributed by atoms with Crippen LogP contribution in [0.2, 0.25) is 0 Å². The second-order valence-corrected chi connectivity index (χ2v) is 4.31. The fraction of sp³-hybridized carbons (Fsp3) is 0.429. The average Bonchev–Trinajstić information content (AvgIpc) is 2.42. The van der Waals surface area contributed by atoms with Crippen LogP contribution in [0.15, 0.2) is 18.2 Å². The Kier molecular flexibility index (Phi) is 6.32. The number of para-hydroxylation sites is 1. The molecule has 0 amide bonds. The number of nitro groups is 1. The molecule has 7 heteroatoms. The molecule has 0 bridgehead atoms. The highest BCUT2D eigenvalue weighted by molar-refractivity contribution is 5.77. The largest absolute Gasteiger partial charge is 0.466 e. The predicted octanol–water partition coefficient (Wildman–Crippen LogP) is 2.29. The van der Waals surface area contributed by atoms with E-state index in [0.29, 0.717) is 11.1 Å². The maximum Gasteiger partial charge on any atom is 0.306 e. The molecule has 0 atom stereocenters. The number of nitrogens with zero attached hydrogens (tertiary/aromatic N) is 1. The number of hydrogen-bond donors (Lipinski definition) is 0. The van der Waals surface area contributed by atoms with E-state index in [9.17, 15) is 19.7 Å². The van der Waals surface area contributed by atoms with Crippen molar-refractivity contribution in [3.05, 3.63) is 39.4 Å². The first kappa shape index (κ1) is 16.6. The van der Waals surface area contributed by atoms with Gasteiger partial charge in [-0.25, -0.2) is 0 Å². The third-order valence-corrected chi connectivity index (χ3v) is 2.73. The van der Waals surface area contributed by atoms with E-state index in [1.54, 1.807) is 26.0 Å². The third kappa shape index (κ3) is 5.21. The second kappa shape index (κ2) is 7.98. The molecule has 0 radical (unpaired) electrons. The van der Waals surface area contributed by atoms with Crippen molar-refractivity contribution < 1.29 is 24.0 Å². The molecule has 0 unspecified atom stereocenters. The smallest absolute Gasteiger partial charge is 0.306 e. The summed E-state index contributed by atoms with van der Waals surface area (Å²) < 4.78 is 9.64. The number of carbonyl (C=O) groups is 2. The lowest BCUT2D eigenvalue weighted by atomic mass is 10.1. The Bertz CT molecular complexity index is 540. The van der Waals surface area contributed by atoms with Gasteiger partial charge in [-0.3, -0.25) is 19.7 Å². The first-order chi connectivity index (χ1) is 9.95. The van der Waals surface area contributed by atoms with Crippen molar-refractivity contribution in [1.82, 2.24) is 0 Å². The van der Waals surface area contributed by atoms with E-state index < -0.39 is 16.9 Å². The summed E-state index contributed by atoms with van der Waals surface area (Å²) >= 11 is 0. The third-order valence-electron chi connectivity index (χ3n) is 2.73. The van der Waals surface area contributed by atoms with Crippen LogP contribution in [-0.4, -0.2) is 23.5 Å². The highest BCUT2D eigenvalue weighted by atomic mass is 16.6. The molecule has 0 spiro atoms. The number of hydrogen-bond acceptors (Lipinski definition) is 6. The Labute approximate surface area is 122 Å². The number of benzene rings is 1. The molecular formula is C14H17NO6. The maximum atomic E-state index is 11.5. The van der Waals surface area contributed by atoms with Gasteiger partial charge in [-0.2, -0.15) is 0 Å². The van der Waals surface area contributed by atoms with Gasteiger partial charge in [-0.15, -0.1) is 0 Å². The zero-order valence-corrected chi connectivity index (χ0v) is 12.0. The average molecular weight is 295 g/mol. The number of nitro benzene ring substituents is 1. The lowest BCUT2D eigenvalue weighted by Crippen LogP contribution is -2.10. The molecule has 0 saturated heterocycles. The van der Waals surface area contributed by atoms with Gasteiger partial charge >= 0.3 is 11.9 Å². The van der Waals surface area contributed by atoms with Crippen LogP contribution in [0.5, 0.6) is 0 Å². The monoisotopic (exact) mass is 295 g/mol. The van der Waals surface area contributed by atoms with E-state index in [0.717, 1.165) is 0 Å². The minimum atomic E-state index is -0.598.